The molecule has 1 heterocycles. The van der Waals surface area contributed by atoms with Crippen LogP contribution < -0.4 is 15.0 Å². The molecule has 1 atom stereocenters. The van der Waals surface area contributed by atoms with E-state index in [1.54, 1.807) is 32.2 Å². The SMILES string of the molecule is CNC(=O)CN1c2ccccc2C(=O)N(C)[C@H]1c1cccc(OC)c1. The third kappa shape index (κ3) is 3.03. The number of likely N-dealkylation sites (N-methyl/N-ethyl adjacent to an activating group) is 1. The minimum Gasteiger partial charge on any atom is -0.497 e. The Kier molecular flexibility index (Phi) is 4.61. The van der Waals surface area contributed by atoms with Gasteiger partial charge in [0.15, 0.2) is 0 Å². The van der Waals surface area contributed by atoms with Crippen molar-refractivity contribution in [1.29, 1.82) is 0 Å². The van der Waals surface area contributed by atoms with E-state index in [-0.39, 0.29) is 18.4 Å². The van der Waals surface area contributed by atoms with Crippen LogP contribution in [-0.2, 0) is 4.79 Å². The van der Waals surface area contributed by atoms with Crippen molar-refractivity contribution in [2.24, 2.45) is 0 Å². The molecule has 0 saturated carbocycles. The van der Waals surface area contributed by atoms with Crippen molar-refractivity contribution in [2.75, 3.05) is 32.6 Å². The van der Waals surface area contributed by atoms with Crippen molar-refractivity contribution in [3.8, 4) is 5.75 Å². The first-order chi connectivity index (χ1) is 12.1. The number of carbonyl (C=O) groups excluding carboxylic acids is 2. The average molecular weight is 339 g/mol. The molecule has 2 aromatic carbocycles. The number of methoxy groups -OCH3 is 1. The number of amides is 2. The Labute approximate surface area is 147 Å². The van der Waals surface area contributed by atoms with Gasteiger partial charge in [-0.15, -0.1) is 0 Å². The molecule has 6 nitrogen and oxygen atoms in total. The lowest BCUT2D eigenvalue weighted by atomic mass is 10.0. The van der Waals surface area contributed by atoms with Crippen molar-refractivity contribution in [1.82, 2.24) is 10.2 Å². The van der Waals surface area contributed by atoms with Crippen molar-refractivity contribution >= 4 is 17.5 Å². The van der Waals surface area contributed by atoms with Gasteiger partial charge in [-0.25, -0.2) is 0 Å². The van der Waals surface area contributed by atoms with Gasteiger partial charge >= 0.3 is 0 Å². The molecule has 0 saturated heterocycles. The van der Waals surface area contributed by atoms with Crippen LogP contribution in [0.1, 0.15) is 22.1 Å². The lowest BCUT2D eigenvalue weighted by Crippen LogP contribution is -2.50. The van der Waals surface area contributed by atoms with Gasteiger partial charge in [-0.05, 0) is 29.8 Å². The van der Waals surface area contributed by atoms with Gasteiger partial charge in [-0.2, -0.15) is 0 Å². The number of hydrogen-bond acceptors (Lipinski definition) is 4. The number of ether oxygens (including phenoxy) is 1. The summed E-state index contributed by atoms with van der Waals surface area (Å²) in [6, 6.07) is 14.9. The number of benzene rings is 2. The summed E-state index contributed by atoms with van der Waals surface area (Å²) in [5.41, 5.74) is 2.23. The molecule has 130 valence electrons. The highest BCUT2D eigenvalue weighted by Crippen LogP contribution is 2.38. The maximum Gasteiger partial charge on any atom is 0.257 e. The molecule has 6 heteroatoms. The molecule has 0 radical (unpaired) electrons. The highest BCUT2D eigenvalue weighted by molar-refractivity contribution is 6.02. The summed E-state index contributed by atoms with van der Waals surface area (Å²) >= 11 is 0. The van der Waals surface area contributed by atoms with Crippen molar-refractivity contribution < 1.29 is 14.3 Å². The average Bonchev–Trinajstić information content (AvgIpc) is 2.66. The van der Waals surface area contributed by atoms with Crippen LogP contribution in [0.25, 0.3) is 0 Å². The summed E-state index contributed by atoms with van der Waals surface area (Å²) in [6.07, 6.45) is -0.394. The predicted octanol–water partition coefficient (Wildman–Crippen LogP) is 2.03. The van der Waals surface area contributed by atoms with Gasteiger partial charge in [-0.3, -0.25) is 9.59 Å². The zero-order valence-electron chi connectivity index (χ0n) is 14.5. The predicted molar refractivity (Wildman–Crippen MR) is 95.7 cm³/mol. The number of fused-ring (bicyclic) bond motifs is 1. The Hall–Kier alpha value is -3.02. The molecule has 25 heavy (non-hydrogen) atoms. The van der Waals surface area contributed by atoms with Crippen LogP contribution in [0.5, 0.6) is 5.75 Å². The molecule has 0 aliphatic carbocycles. The van der Waals surface area contributed by atoms with Crippen LogP contribution in [0, 0.1) is 0 Å². The van der Waals surface area contributed by atoms with E-state index in [4.69, 9.17) is 4.74 Å². The second-order valence-electron chi connectivity index (χ2n) is 5.88. The first-order valence-electron chi connectivity index (χ1n) is 8.04. The third-order valence-corrected chi connectivity index (χ3v) is 4.41. The molecule has 2 amide bonds. The Morgan fingerprint density at radius 1 is 1.20 bits per heavy atom. The van der Waals surface area contributed by atoms with Crippen LogP contribution in [0.4, 0.5) is 5.69 Å². The van der Waals surface area contributed by atoms with E-state index in [1.807, 2.05) is 47.4 Å². The normalized spacial score (nSPS) is 16.4. The molecule has 0 spiro atoms. The van der Waals surface area contributed by atoms with Gasteiger partial charge in [0, 0.05) is 14.1 Å². The van der Waals surface area contributed by atoms with Crippen molar-refractivity contribution in [3.63, 3.8) is 0 Å². The first-order valence-corrected chi connectivity index (χ1v) is 8.04. The van der Waals surface area contributed by atoms with Crippen LogP contribution in [0.3, 0.4) is 0 Å². The number of nitrogens with zero attached hydrogens (tertiary/aromatic N) is 2. The summed E-state index contributed by atoms with van der Waals surface area (Å²) < 4.78 is 5.31. The largest absolute Gasteiger partial charge is 0.497 e. The van der Waals surface area contributed by atoms with E-state index in [0.717, 1.165) is 11.3 Å². The van der Waals surface area contributed by atoms with Gasteiger partial charge < -0.3 is 19.9 Å². The summed E-state index contributed by atoms with van der Waals surface area (Å²) in [4.78, 5) is 28.5. The standard InChI is InChI=1S/C19H21N3O3/c1-20-17(23)12-22-16-10-5-4-9-15(16)19(24)21(2)18(22)13-7-6-8-14(11-13)25-3/h4-11,18H,12H2,1-3H3,(H,20,23)/t18-/m1/s1. The number of hydrogen-bond donors (Lipinski definition) is 1. The van der Waals surface area contributed by atoms with Crippen molar-refractivity contribution in [3.05, 3.63) is 59.7 Å². The fraction of sp³-hybridized carbons (Fsp3) is 0.263. The molecule has 1 aliphatic rings. The Morgan fingerprint density at radius 3 is 2.68 bits per heavy atom. The van der Waals surface area contributed by atoms with E-state index in [1.165, 1.54) is 0 Å². The zero-order valence-corrected chi connectivity index (χ0v) is 14.5. The van der Waals surface area contributed by atoms with E-state index in [2.05, 4.69) is 5.32 Å². The smallest absolute Gasteiger partial charge is 0.257 e. The molecule has 2 aromatic rings. The van der Waals surface area contributed by atoms with Crippen molar-refractivity contribution in [2.45, 2.75) is 6.17 Å². The van der Waals surface area contributed by atoms with E-state index >= 15 is 0 Å². The number of nitrogens with one attached hydrogen (secondary N) is 1. The summed E-state index contributed by atoms with van der Waals surface area (Å²) in [7, 11) is 4.96. The Balaban J connectivity index is 2.13. The monoisotopic (exact) mass is 339 g/mol. The summed E-state index contributed by atoms with van der Waals surface area (Å²) in [5.74, 6) is 0.513. The van der Waals surface area contributed by atoms with Crippen LogP contribution in [-0.4, -0.2) is 44.5 Å². The Morgan fingerprint density at radius 2 is 1.96 bits per heavy atom. The third-order valence-electron chi connectivity index (χ3n) is 4.41. The lowest BCUT2D eigenvalue weighted by Gasteiger charge is -2.44. The first kappa shape index (κ1) is 16.8. The molecule has 1 aliphatic heterocycles. The van der Waals surface area contributed by atoms with Gasteiger partial charge in [0.1, 0.15) is 11.9 Å². The second kappa shape index (κ2) is 6.84. The van der Waals surface area contributed by atoms with Gasteiger partial charge in [0.2, 0.25) is 5.91 Å². The lowest BCUT2D eigenvalue weighted by molar-refractivity contribution is -0.119. The molecule has 3 rings (SSSR count). The molecular weight excluding hydrogens is 318 g/mol. The molecule has 0 bridgehead atoms. The molecule has 0 aromatic heterocycles. The maximum atomic E-state index is 12.8. The number of para-hydroxylation sites is 1. The Bertz CT molecular complexity index is 806. The second-order valence-corrected chi connectivity index (χ2v) is 5.88. The summed E-state index contributed by atoms with van der Waals surface area (Å²) in [6.45, 7) is 0.146. The fourth-order valence-electron chi connectivity index (χ4n) is 3.16. The van der Waals surface area contributed by atoms with E-state index in [0.29, 0.717) is 11.3 Å². The van der Waals surface area contributed by atoms with Gasteiger partial charge in [0.05, 0.1) is 24.9 Å². The molecule has 0 unspecified atom stereocenters. The quantitative estimate of drug-likeness (QED) is 0.926. The summed E-state index contributed by atoms with van der Waals surface area (Å²) in [5, 5.41) is 2.65. The fourth-order valence-corrected chi connectivity index (χ4v) is 3.16. The van der Waals surface area contributed by atoms with Crippen LogP contribution >= 0.6 is 0 Å². The van der Waals surface area contributed by atoms with E-state index in [9.17, 15) is 9.59 Å². The highest BCUT2D eigenvalue weighted by atomic mass is 16.5. The minimum absolute atomic E-state index is 0.0726. The highest BCUT2D eigenvalue weighted by Gasteiger charge is 2.37. The van der Waals surface area contributed by atoms with Crippen LogP contribution in [0.2, 0.25) is 0 Å². The number of carbonyl (C=O) groups is 2. The maximum absolute atomic E-state index is 12.8. The van der Waals surface area contributed by atoms with Crippen LogP contribution in [0.15, 0.2) is 48.5 Å². The number of rotatable bonds is 4. The minimum atomic E-state index is -0.394. The molecular formula is C19H21N3O3. The van der Waals surface area contributed by atoms with Gasteiger partial charge in [-0.1, -0.05) is 24.3 Å². The van der Waals surface area contributed by atoms with E-state index < -0.39 is 6.17 Å². The molecule has 1 N–H and O–H groups in total. The molecule has 0 fully saturated rings. The zero-order chi connectivity index (χ0) is 18.0. The van der Waals surface area contributed by atoms with Gasteiger partial charge in [0.25, 0.3) is 5.91 Å². The topological polar surface area (TPSA) is 61.9 Å². The number of anilines is 1.